The first-order valence-corrected chi connectivity index (χ1v) is 13.8. The molecule has 214 valence electrons. The van der Waals surface area contributed by atoms with E-state index < -0.39 is 17.6 Å². The van der Waals surface area contributed by atoms with Crippen LogP contribution in [-0.2, 0) is 14.3 Å². The Morgan fingerprint density at radius 2 is 1.78 bits per heavy atom. The van der Waals surface area contributed by atoms with Crippen LogP contribution in [0.2, 0.25) is 0 Å². The molecule has 0 bridgehead atoms. The summed E-state index contributed by atoms with van der Waals surface area (Å²) in [5, 5.41) is 12.5. The zero-order valence-electron chi connectivity index (χ0n) is 23.0. The van der Waals surface area contributed by atoms with E-state index in [0.29, 0.717) is 62.4 Å². The van der Waals surface area contributed by atoms with Crippen LogP contribution in [0, 0.1) is 0 Å². The van der Waals surface area contributed by atoms with Gasteiger partial charge in [-0.3, -0.25) is 19.4 Å². The number of aliphatic imine (C=N–C) groups is 1. The Hall–Kier alpha value is -4.28. The maximum Gasteiger partial charge on any atom is 0.414 e. The van der Waals surface area contributed by atoms with E-state index in [4.69, 9.17) is 15.2 Å². The molecule has 5 rings (SSSR count). The number of rotatable bonds is 8. The highest BCUT2D eigenvalue weighted by atomic mass is 16.6. The van der Waals surface area contributed by atoms with E-state index in [-0.39, 0.29) is 24.3 Å². The van der Waals surface area contributed by atoms with Gasteiger partial charge in [-0.15, -0.1) is 0 Å². The Bertz CT molecular complexity index is 1460. The second-order valence-electron chi connectivity index (χ2n) is 10.5. The Labute approximate surface area is 238 Å². The van der Waals surface area contributed by atoms with Crippen molar-refractivity contribution in [3.8, 4) is 0 Å². The van der Waals surface area contributed by atoms with Gasteiger partial charge in [0, 0.05) is 36.4 Å². The molecule has 2 aliphatic heterocycles. The lowest BCUT2D eigenvalue weighted by Gasteiger charge is -2.38. The second-order valence-corrected chi connectivity index (χ2v) is 10.5. The van der Waals surface area contributed by atoms with E-state index in [1.165, 1.54) is 0 Å². The molecule has 41 heavy (non-hydrogen) atoms. The van der Waals surface area contributed by atoms with Crippen molar-refractivity contribution >= 4 is 40.3 Å². The van der Waals surface area contributed by atoms with Gasteiger partial charge in [0.05, 0.1) is 25.2 Å². The average Bonchev–Trinajstić information content (AvgIpc) is 3.33. The number of cyclic esters (lactones) is 1. The number of hydrogen-bond donors (Lipinski definition) is 2. The van der Waals surface area contributed by atoms with E-state index in [2.05, 4.69) is 9.89 Å². The Morgan fingerprint density at radius 3 is 2.51 bits per heavy atom. The summed E-state index contributed by atoms with van der Waals surface area (Å²) in [4.78, 5) is 45.2. The maximum atomic E-state index is 12.9. The highest BCUT2D eigenvalue weighted by Crippen LogP contribution is 2.28. The number of hydrogen-bond acceptors (Lipinski definition) is 7. The fraction of sp³-hybridized carbons (Fsp3) is 0.355. The first-order chi connectivity index (χ1) is 19.7. The topological polar surface area (TPSA) is 135 Å². The summed E-state index contributed by atoms with van der Waals surface area (Å²) in [6.07, 6.45) is 0.117. The third-order valence-electron chi connectivity index (χ3n) is 7.62. The normalized spacial score (nSPS) is 19.3. The molecule has 10 heteroatoms. The average molecular weight is 559 g/mol. The molecule has 2 heterocycles. The van der Waals surface area contributed by atoms with Crippen molar-refractivity contribution in [3.63, 3.8) is 0 Å². The van der Waals surface area contributed by atoms with Crippen molar-refractivity contribution in [1.29, 1.82) is 0 Å². The summed E-state index contributed by atoms with van der Waals surface area (Å²) in [5.41, 5.74) is 6.80. The van der Waals surface area contributed by atoms with Gasteiger partial charge >= 0.3 is 12.1 Å². The Balaban J connectivity index is 1.17. The number of aliphatic hydroxyl groups is 1. The molecule has 1 atom stereocenters. The summed E-state index contributed by atoms with van der Waals surface area (Å²) in [5.74, 6) is -0.727. The van der Waals surface area contributed by atoms with Crippen LogP contribution in [0.4, 0.5) is 10.5 Å². The van der Waals surface area contributed by atoms with Gasteiger partial charge in [0.15, 0.2) is 0 Å². The van der Waals surface area contributed by atoms with Gasteiger partial charge in [0.25, 0.3) is 5.91 Å². The number of esters is 1. The smallest absolute Gasteiger partial charge is 0.414 e. The van der Waals surface area contributed by atoms with Crippen molar-refractivity contribution in [2.45, 2.75) is 37.9 Å². The van der Waals surface area contributed by atoms with Gasteiger partial charge in [-0.2, -0.15) is 4.99 Å². The number of nitrogens with zero attached hydrogens (tertiary/aromatic N) is 3. The van der Waals surface area contributed by atoms with Gasteiger partial charge in [0.1, 0.15) is 11.9 Å². The lowest BCUT2D eigenvalue weighted by atomic mass is 9.88. The molecule has 3 N–H and O–H groups in total. The third kappa shape index (κ3) is 6.55. The van der Waals surface area contributed by atoms with Gasteiger partial charge in [-0.05, 0) is 60.9 Å². The zero-order valence-corrected chi connectivity index (χ0v) is 23.0. The lowest BCUT2D eigenvalue weighted by Crippen LogP contribution is -2.48. The van der Waals surface area contributed by atoms with Crippen molar-refractivity contribution in [1.82, 2.24) is 4.90 Å². The van der Waals surface area contributed by atoms with Crippen LogP contribution in [0.3, 0.4) is 0 Å². The van der Waals surface area contributed by atoms with Crippen LogP contribution < -0.4 is 10.6 Å². The molecule has 3 aromatic rings. The SMILES string of the molecule is CCOC(=O)CC1(O)CCN(CC2CN(c3ccc(C(N)=NC(=O)c4cccc5ccccc45)cc3)C(=O)O2)CC1. The first kappa shape index (κ1) is 28.3. The number of ether oxygens (including phenoxy) is 2. The van der Waals surface area contributed by atoms with Gasteiger partial charge in [0.2, 0.25) is 0 Å². The van der Waals surface area contributed by atoms with E-state index in [9.17, 15) is 19.5 Å². The fourth-order valence-corrected chi connectivity index (χ4v) is 5.38. The van der Waals surface area contributed by atoms with Crippen LogP contribution in [0.5, 0.6) is 0 Å². The maximum absolute atomic E-state index is 12.9. The van der Waals surface area contributed by atoms with Crippen LogP contribution in [-0.4, -0.2) is 78.3 Å². The third-order valence-corrected chi connectivity index (χ3v) is 7.62. The quantitative estimate of drug-likeness (QED) is 0.244. The van der Waals surface area contributed by atoms with Crippen molar-refractivity contribution < 1.29 is 29.0 Å². The second kappa shape index (κ2) is 12.1. The molecule has 3 aromatic carbocycles. The summed E-state index contributed by atoms with van der Waals surface area (Å²) in [6, 6.07) is 20.0. The van der Waals surface area contributed by atoms with Crippen molar-refractivity contribution in [3.05, 3.63) is 77.9 Å². The molecular weight excluding hydrogens is 524 g/mol. The minimum Gasteiger partial charge on any atom is -0.466 e. The zero-order chi connectivity index (χ0) is 29.0. The first-order valence-electron chi connectivity index (χ1n) is 13.8. The molecule has 2 fully saturated rings. The highest BCUT2D eigenvalue weighted by molar-refractivity contribution is 6.13. The van der Waals surface area contributed by atoms with Crippen LogP contribution in [0.25, 0.3) is 10.8 Å². The number of likely N-dealkylation sites (tertiary alicyclic amines) is 1. The van der Waals surface area contributed by atoms with Crippen LogP contribution >= 0.6 is 0 Å². The molecule has 0 aromatic heterocycles. The summed E-state index contributed by atoms with van der Waals surface area (Å²) >= 11 is 0. The standard InChI is InChI=1S/C31H34N4O6/c1-2-40-27(36)18-31(39)14-16-34(17-15-31)19-24-20-35(30(38)41-24)23-12-10-22(11-13-23)28(32)33-29(37)26-9-5-7-21-6-3-4-8-25(21)26/h3-13,24,39H,2,14-20H2,1H3,(H2,32,33,37). The van der Waals surface area contributed by atoms with Crippen LogP contribution in [0.1, 0.15) is 42.1 Å². The molecule has 0 spiro atoms. The molecule has 2 aliphatic rings. The van der Waals surface area contributed by atoms with Crippen molar-refractivity contribution in [2.75, 3.05) is 37.7 Å². The van der Waals surface area contributed by atoms with Gasteiger partial charge in [-0.1, -0.05) is 36.4 Å². The number of benzene rings is 3. The Kier molecular flexibility index (Phi) is 8.32. The molecule has 1 unspecified atom stereocenters. The summed E-state index contributed by atoms with van der Waals surface area (Å²) in [7, 11) is 0. The molecule has 0 saturated carbocycles. The van der Waals surface area contributed by atoms with Gasteiger partial charge in [-0.25, -0.2) is 4.79 Å². The van der Waals surface area contributed by atoms with Crippen LogP contribution in [0.15, 0.2) is 71.7 Å². The molecule has 10 nitrogen and oxygen atoms in total. The molecule has 2 saturated heterocycles. The molecular formula is C31H34N4O6. The summed E-state index contributed by atoms with van der Waals surface area (Å²) < 4.78 is 10.6. The number of amides is 2. The minimum absolute atomic E-state index is 0.0105. The summed E-state index contributed by atoms with van der Waals surface area (Å²) in [6.45, 7) is 4.13. The van der Waals surface area contributed by atoms with E-state index >= 15 is 0 Å². The number of anilines is 1. The molecule has 0 aliphatic carbocycles. The fourth-order valence-electron chi connectivity index (χ4n) is 5.38. The van der Waals surface area contributed by atoms with Crippen molar-refractivity contribution in [2.24, 2.45) is 10.7 Å². The Morgan fingerprint density at radius 1 is 1.07 bits per heavy atom. The number of amidine groups is 1. The molecule has 2 amide bonds. The number of piperidine rings is 1. The predicted octanol–water partition coefficient (Wildman–Crippen LogP) is 3.49. The number of carbonyl (C=O) groups is 3. The molecule has 0 radical (unpaired) electrons. The number of fused-ring (bicyclic) bond motifs is 1. The lowest BCUT2D eigenvalue weighted by molar-refractivity contribution is -0.150. The number of nitrogens with two attached hydrogens (primary N) is 1. The largest absolute Gasteiger partial charge is 0.466 e. The number of carbonyl (C=O) groups excluding carboxylic acids is 3. The van der Waals surface area contributed by atoms with Gasteiger partial charge < -0.3 is 20.3 Å². The predicted molar refractivity (Wildman–Crippen MR) is 155 cm³/mol. The van der Waals surface area contributed by atoms with E-state index in [1.54, 1.807) is 42.2 Å². The monoisotopic (exact) mass is 558 g/mol. The van der Waals surface area contributed by atoms with E-state index in [0.717, 1.165) is 10.8 Å². The highest BCUT2D eigenvalue weighted by Gasteiger charge is 2.38. The minimum atomic E-state index is -1.06. The van der Waals surface area contributed by atoms with E-state index in [1.807, 2.05) is 36.4 Å².